The zero-order valence-corrected chi connectivity index (χ0v) is 8.14. The summed E-state index contributed by atoms with van der Waals surface area (Å²) in [5.41, 5.74) is 4.60. The Hall–Kier alpha value is -1.66. The highest BCUT2D eigenvalue weighted by Gasteiger charge is 2.19. The lowest BCUT2D eigenvalue weighted by atomic mass is 10.0. The molecule has 5 N–H and O–H groups in total. The van der Waals surface area contributed by atoms with E-state index in [9.17, 15) is 0 Å². The van der Waals surface area contributed by atoms with Crippen LogP contribution < -0.4 is 17.1 Å². The van der Waals surface area contributed by atoms with Crippen LogP contribution in [-0.4, -0.2) is 10.7 Å². The molecule has 1 aromatic rings. The van der Waals surface area contributed by atoms with Gasteiger partial charge in [0.1, 0.15) is 11.4 Å². The molecule has 72 valence electrons. The van der Waals surface area contributed by atoms with E-state index in [1.165, 1.54) is 11.3 Å². The molecule has 6 heteroatoms. The predicted molar refractivity (Wildman–Crippen MR) is 58.8 cm³/mol. The first kappa shape index (κ1) is 8.92. The number of nitrogens with one attached hydrogen (secondary N) is 1. The number of nitrogens with zero attached hydrogens (tertiary/aromatic N) is 2. The quantitative estimate of drug-likeness (QED) is 0.466. The fourth-order valence-electron chi connectivity index (χ4n) is 1.23. The van der Waals surface area contributed by atoms with Gasteiger partial charge in [-0.25, -0.2) is 10.8 Å². The van der Waals surface area contributed by atoms with Crippen LogP contribution in [-0.2, 0) is 0 Å². The molecular formula is C8H9N5S. The molecule has 0 saturated carbocycles. The molecule has 0 bridgehead atoms. The standard InChI is InChI=1S/C8H9N5S/c1-4-2-3-5-7(6(4)12-9)11-8(13-10)14-5/h2-3H,1,9-10H2,(H,11,13)/b12-6+. The maximum absolute atomic E-state index is 5.27. The average molecular weight is 207 g/mol. The number of aromatic nitrogens is 1. The maximum atomic E-state index is 5.27. The molecule has 0 saturated heterocycles. The Morgan fingerprint density at radius 2 is 2.29 bits per heavy atom. The van der Waals surface area contributed by atoms with E-state index >= 15 is 0 Å². The van der Waals surface area contributed by atoms with E-state index < -0.39 is 0 Å². The van der Waals surface area contributed by atoms with Crippen LogP contribution in [0.4, 0.5) is 5.13 Å². The average Bonchev–Trinajstić information content (AvgIpc) is 2.60. The van der Waals surface area contributed by atoms with Gasteiger partial charge in [0, 0.05) is 0 Å². The third-order valence-corrected chi connectivity index (χ3v) is 2.82. The van der Waals surface area contributed by atoms with Crippen molar-refractivity contribution in [2.45, 2.75) is 0 Å². The number of hydrogen-bond donors (Lipinski definition) is 3. The van der Waals surface area contributed by atoms with E-state index in [2.05, 4.69) is 22.1 Å². The SMILES string of the molecule is C=C1C=Cc2sc(NN)nc2/C1=N/N. The first-order valence-electron chi connectivity index (χ1n) is 3.89. The van der Waals surface area contributed by atoms with Crippen molar-refractivity contribution in [1.82, 2.24) is 4.98 Å². The van der Waals surface area contributed by atoms with Gasteiger partial charge in [-0.1, -0.05) is 24.0 Å². The molecule has 0 atom stereocenters. The van der Waals surface area contributed by atoms with Gasteiger partial charge in [0.05, 0.1) is 4.88 Å². The van der Waals surface area contributed by atoms with Crippen molar-refractivity contribution >= 4 is 28.3 Å². The fraction of sp³-hybridized carbons (Fsp3) is 0. The van der Waals surface area contributed by atoms with Crippen molar-refractivity contribution in [3.8, 4) is 0 Å². The number of thiazole rings is 1. The normalized spacial score (nSPS) is 17.2. The lowest BCUT2D eigenvalue weighted by Crippen LogP contribution is -2.11. The van der Waals surface area contributed by atoms with Crippen molar-refractivity contribution in [3.05, 3.63) is 28.8 Å². The number of fused-ring (bicyclic) bond motifs is 1. The lowest BCUT2D eigenvalue weighted by molar-refractivity contribution is 1.21. The van der Waals surface area contributed by atoms with Crippen LogP contribution in [0.3, 0.4) is 0 Å². The Bertz CT molecular complexity index is 443. The molecule has 0 aliphatic heterocycles. The van der Waals surface area contributed by atoms with Gasteiger partial charge in [-0.2, -0.15) is 5.10 Å². The van der Waals surface area contributed by atoms with Gasteiger partial charge in [-0.15, -0.1) is 0 Å². The summed E-state index contributed by atoms with van der Waals surface area (Å²) in [5, 5.41) is 4.29. The molecule has 0 radical (unpaired) electrons. The minimum atomic E-state index is 0.611. The maximum Gasteiger partial charge on any atom is 0.198 e. The molecule has 1 aliphatic carbocycles. The van der Waals surface area contributed by atoms with Gasteiger partial charge in [0.15, 0.2) is 5.13 Å². The van der Waals surface area contributed by atoms with Gasteiger partial charge in [0.2, 0.25) is 0 Å². The number of hydrogen-bond acceptors (Lipinski definition) is 6. The summed E-state index contributed by atoms with van der Waals surface area (Å²) in [6, 6.07) is 0. The third kappa shape index (κ3) is 1.21. The summed E-state index contributed by atoms with van der Waals surface area (Å²) in [7, 11) is 0. The molecule has 2 rings (SSSR count). The topological polar surface area (TPSA) is 89.3 Å². The highest BCUT2D eigenvalue weighted by atomic mass is 32.1. The van der Waals surface area contributed by atoms with Crippen molar-refractivity contribution < 1.29 is 0 Å². The monoisotopic (exact) mass is 207 g/mol. The van der Waals surface area contributed by atoms with Crippen LogP contribution in [0.25, 0.3) is 6.08 Å². The zero-order chi connectivity index (χ0) is 10.1. The summed E-state index contributed by atoms with van der Waals surface area (Å²) in [5.74, 6) is 10.5. The zero-order valence-electron chi connectivity index (χ0n) is 7.32. The minimum absolute atomic E-state index is 0.611. The van der Waals surface area contributed by atoms with Crippen LogP contribution >= 0.6 is 11.3 Å². The number of nitrogen functional groups attached to an aromatic ring is 1. The molecule has 0 unspecified atom stereocenters. The first-order valence-corrected chi connectivity index (χ1v) is 4.71. The largest absolute Gasteiger partial charge is 0.323 e. The van der Waals surface area contributed by atoms with Crippen LogP contribution in [0.15, 0.2) is 23.3 Å². The van der Waals surface area contributed by atoms with Crippen molar-refractivity contribution in [1.29, 1.82) is 0 Å². The molecule has 1 aliphatic rings. The Morgan fingerprint density at radius 1 is 1.50 bits per heavy atom. The van der Waals surface area contributed by atoms with E-state index in [1.54, 1.807) is 0 Å². The first-order chi connectivity index (χ1) is 6.76. The Morgan fingerprint density at radius 3 is 2.93 bits per heavy atom. The molecule has 0 aromatic carbocycles. The highest BCUT2D eigenvalue weighted by Crippen LogP contribution is 2.29. The molecule has 0 spiro atoms. The van der Waals surface area contributed by atoms with E-state index in [4.69, 9.17) is 11.7 Å². The van der Waals surface area contributed by atoms with Crippen LogP contribution in [0, 0.1) is 0 Å². The molecule has 0 amide bonds. The Kier molecular flexibility index (Phi) is 2.06. The summed E-state index contributed by atoms with van der Waals surface area (Å²) in [6.45, 7) is 3.82. The van der Waals surface area contributed by atoms with Gasteiger partial charge in [-0.3, -0.25) is 5.43 Å². The molecule has 5 nitrogen and oxygen atoms in total. The molecular weight excluding hydrogens is 198 g/mol. The van der Waals surface area contributed by atoms with Crippen molar-refractivity contribution in [2.24, 2.45) is 16.8 Å². The van der Waals surface area contributed by atoms with Crippen molar-refractivity contribution in [2.75, 3.05) is 5.43 Å². The number of rotatable bonds is 1. The summed E-state index contributed by atoms with van der Waals surface area (Å²) < 4.78 is 0. The van der Waals surface area contributed by atoms with E-state index in [-0.39, 0.29) is 0 Å². The number of allylic oxidation sites excluding steroid dienone is 2. The van der Waals surface area contributed by atoms with E-state index in [1.807, 2.05) is 12.2 Å². The van der Waals surface area contributed by atoms with Crippen molar-refractivity contribution in [3.63, 3.8) is 0 Å². The Balaban J connectivity index is 2.58. The van der Waals surface area contributed by atoms with Gasteiger partial charge >= 0.3 is 0 Å². The second-order valence-corrected chi connectivity index (χ2v) is 3.74. The molecule has 14 heavy (non-hydrogen) atoms. The van der Waals surface area contributed by atoms with Crippen LogP contribution in [0.5, 0.6) is 0 Å². The fourth-order valence-corrected chi connectivity index (χ4v) is 2.01. The third-order valence-electron chi connectivity index (χ3n) is 1.87. The highest BCUT2D eigenvalue weighted by molar-refractivity contribution is 7.16. The predicted octanol–water partition coefficient (Wildman–Crippen LogP) is 0.674. The minimum Gasteiger partial charge on any atom is -0.323 e. The number of hydrazone groups is 1. The van der Waals surface area contributed by atoms with Crippen LogP contribution in [0.1, 0.15) is 10.6 Å². The lowest BCUT2D eigenvalue weighted by Gasteiger charge is -2.07. The smallest absolute Gasteiger partial charge is 0.198 e. The molecule has 1 aromatic heterocycles. The Labute approximate surface area is 84.8 Å². The molecule has 0 fully saturated rings. The number of hydrazine groups is 1. The van der Waals surface area contributed by atoms with Crippen LogP contribution in [0.2, 0.25) is 0 Å². The van der Waals surface area contributed by atoms with Gasteiger partial charge < -0.3 is 5.84 Å². The summed E-state index contributed by atoms with van der Waals surface area (Å²) in [4.78, 5) is 5.21. The number of anilines is 1. The van der Waals surface area contributed by atoms with Gasteiger partial charge in [-0.05, 0) is 11.6 Å². The number of nitrogens with two attached hydrogens (primary N) is 2. The summed E-state index contributed by atoms with van der Waals surface area (Å²) in [6.07, 6.45) is 3.78. The van der Waals surface area contributed by atoms with E-state index in [0.29, 0.717) is 10.8 Å². The second-order valence-electron chi connectivity index (χ2n) is 2.71. The molecule has 1 heterocycles. The van der Waals surface area contributed by atoms with Gasteiger partial charge in [0.25, 0.3) is 0 Å². The summed E-state index contributed by atoms with van der Waals surface area (Å²) >= 11 is 1.44. The second kappa shape index (κ2) is 3.24. The van der Waals surface area contributed by atoms with E-state index in [0.717, 1.165) is 16.1 Å².